The number of nitrogens with zero attached hydrogens (tertiary/aromatic N) is 2. The van der Waals surface area contributed by atoms with Gasteiger partial charge in [0.15, 0.2) is 0 Å². The van der Waals surface area contributed by atoms with Crippen molar-refractivity contribution in [2.75, 3.05) is 6.61 Å². The number of aryl methyl sites for hydroxylation is 1. The summed E-state index contributed by atoms with van der Waals surface area (Å²) in [7, 11) is 0. The molecule has 1 N–H and O–H groups in total. The molecule has 3 rings (SSSR count). The van der Waals surface area contributed by atoms with E-state index in [2.05, 4.69) is 18.9 Å². The number of carboxylic acids is 1. The maximum Gasteiger partial charge on any atom is 0.416 e. The van der Waals surface area contributed by atoms with Crippen molar-refractivity contribution in [1.29, 1.82) is 0 Å². The van der Waals surface area contributed by atoms with E-state index in [1.54, 1.807) is 17.7 Å². The van der Waals surface area contributed by atoms with E-state index in [1.165, 1.54) is 18.2 Å². The molecule has 8 heteroatoms. The van der Waals surface area contributed by atoms with E-state index in [0.29, 0.717) is 40.4 Å². The Morgan fingerprint density at radius 1 is 1.16 bits per heavy atom. The Labute approximate surface area is 178 Å². The minimum absolute atomic E-state index is 0.0684. The van der Waals surface area contributed by atoms with Crippen LogP contribution in [0, 0.1) is 12.8 Å². The van der Waals surface area contributed by atoms with Gasteiger partial charge < -0.3 is 9.84 Å². The van der Waals surface area contributed by atoms with Crippen molar-refractivity contribution in [3.63, 3.8) is 0 Å². The first-order valence-corrected chi connectivity index (χ1v) is 10.2. The Morgan fingerprint density at radius 3 is 2.48 bits per heavy atom. The van der Waals surface area contributed by atoms with Crippen molar-refractivity contribution in [3.05, 3.63) is 58.8 Å². The number of alkyl halides is 3. The quantitative estimate of drug-likeness (QED) is 0.478. The topological polar surface area (TPSA) is 64.4 Å². The lowest BCUT2D eigenvalue weighted by atomic mass is 10.0. The molecule has 31 heavy (non-hydrogen) atoms. The van der Waals surface area contributed by atoms with Crippen LogP contribution in [0.5, 0.6) is 5.75 Å². The molecule has 0 amide bonds. The van der Waals surface area contributed by atoms with Crippen molar-refractivity contribution < 1.29 is 27.8 Å². The number of aromatic carboxylic acids is 1. The lowest BCUT2D eigenvalue weighted by Gasteiger charge is -2.18. The molecule has 1 aromatic heterocycles. The minimum Gasteiger partial charge on any atom is -0.493 e. The highest BCUT2D eigenvalue weighted by Gasteiger charge is 2.31. The smallest absolute Gasteiger partial charge is 0.416 e. The molecule has 0 radical (unpaired) electrons. The number of benzene rings is 2. The number of hydrogen-bond donors (Lipinski definition) is 1. The number of rotatable bonds is 8. The van der Waals surface area contributed by atoms with E-state index < -0.39 is 17.7 Å². The van der Waals surface area contributed by atoms with Crippen LogP contribution in [-0.2, 0) is 12.7 Å². The Kier molecular flexibility index (Phi) is 6.57. The molecule has 3 aromatic rings. The highest BCUT2D eigenvalue weighted by molar-refractivity contribution is 5.94. The fourth-order valence-corrected chi connectivity index (χ4v) is 3.51. The minimum atomic E-state index is -4.47. The molecule has 0 unspecified atom stereocenters. The van der Waals surface area contributed by atoms with E-state index >= 15 is 0 Å². The average molecular weight is 434 g/mol. The first-order chi connectivity index (χ1) is 14.6. The van der Waals surface area contributed by atoms with Crippen LogP contribution < -0.4 is 4.74 Å². The SMILES string of the molecule is CCC(CC)COc1ccc(C(F)(F)F)cc1Cn1nc(C)c2cc(C(=O)O)ccc21. The molecule has 0 aliphatic heterocycles. The van der Waals surface area contributed by atoms with Crippen LogP contribution in [0.4, 0.5) is 13.2 Å². The van der Waals surface area contributed by atoms with Gasteiger partial charge in [0.1, 0.15) is 5.75 Å². The second-order valence-electron chi connectivity index (χ2n) is 7.59. The number of aromatic nitrogens is 2. The molecule has 0 fully saturated rings. The maximum atomic E-state index is 13.3. The molecule has 0 aliphatic rings. The summed E-state index contributed by atoms with van der Waals surface area (Å²) in [5, 5.41) is 14.3. The largest absolute Gasteiger partial charge is 0.493 e. The third-order valence-electron chi connectivity index (χ3n) is 5.52. The Hall–Kier alpha value is -3.03. The normalized spacial score (nSPS) is 12.0. The molecule has 0 spiro atoms. The second-order valence-corrected chi connectivity index (χ2v) is 7.59. The molecule has 0 aliphatic carbocycles. The zero-order chi connectivity index (χ0) is 22.8. The highest BCUT2D eigenvalue weighted by atomic mass is 19.4. The third-order valence-corrected chi connectivity index (χ3v) is 5.52. The van der Waals surface area contributed by atoms with Crippen LogP contribution in [0.15, 0.2) is 36.4 Å². The van der Waals surface area contributed by atoms with Gasteiger partial charge in [0.2, 0.25) is 0 Å². The van der Waals surface area contributed by atoms with Crippen LogP contribution in [0.3, 0.4) is 0 Å². The molecule has 5 nitrogen and oxygen atoms in total. The Balaban J connectivity index is 2.01. The van der Waals surface area contributed by atoms with Crippen LogP contribution in [0.25, 0.3) is 10.9 Å². The standard InChI is InChI=1S/C23H25F3N2O3/c1-4-15(5-2)13-31-21-9-7-18(23(24,25)26)10-17(21)12-28-20-8-6-16(22(29)30)11-19(20)14(3)27-28/h6-11,15H,4-5,12-13H2,1-3H3,(H,29,30). The van der Waals surface area contributed by atoms with Gasteiger partial charge in [0.25, 0.3) is 0 Å². The number of carboxylic acid groups (broad SMARTS) is 1. The first-order valence-electron chi connectivity index (χ1n) is 10.2. The predicted octanol–water partition coefficient (Wildman–Crippen LogP) is 5.93. The van der Waals surface area contributed by atoms with Crippen LogP contribution in [0.2, 0.25) is 0 Å². The fourth-order valence-electron chi connectivity index (χ4n) is 3.51. The van der Waals surface area contributed by atoms with Crippen molar-refractivity contribution in [2.24, 2.45) is 5.92 Å². The van der Waals surface area contributed by atoms with E-state index in [-0.39, 0.29) is 12.1 Å². The zero-order valence-corrected chi connectivity index (χ0v) is 17.7. The summed E-state index contributed by atoms with van der Waals surface area (Å²) in [6.07, 6.45) is -2.64. The van der Waals surface area contributed by atoms with E-state index in [1.807, 2.05) is 0 Å². The van der Waals surface area contributed by atoms with Crippen molar-refractivity contribution in [2.45, 2.75) is 46.3 Å². The van der Waals surface area contributed by atoms with E-state index in [0.717, 1.165) is 25.0 Å². The molecule has 166 valence electrons. The van der Waals surface area contributed by atoms with Gasteiger partial charge >= 0.3 is 12.1 Å². The molecule has 0 saturated carbocycles. The zero-order valence-electron chi connectivity index (χ0n) is 17.7. The van der Waals surface area contributed by atoms with Crippen LogP contribution >= 0.6 is 0 Å². The number of ether oxygens (including phenoxy) is 1. The summed E-state index contributed by atoms with van der Waals surface area (Å²) in [6, 6.07) is 8.08. The maximum absolute atomic E-state index is 13.3. The summed E-state index contributed by atoms with van der Waals surface area (Å²) < 4.78 is 47.4. The monoisotopic (exact) mass is 434 g/mol. The molecule has 0 saturated heterocycles. The summed E-state index contributed by atoms with van der Waals surface area (Å²) in [5.41, 5.74) is 0.991. The molecule has 0 atom stereocenters. The number of halogens is 3. The van der Waals surface area contributed by atoms with Crippen molar-refractivity contribution >= 4 is 16.9 Å². The lowest BCUT2D eigenvalue weighted by Crippen LogP contribution is -2.13. The Morgan fingerprint density at radius 2 is 1.87 bits per heavy atom. The van der Waals surface area contributed by atoms with Gasteiger partial charge in [-0.25, -0.2) is 4.79 Å². The van der Waals surface area contributed by atoms with Gasteiger partial charge in [-0.05, 0) is 49.2 Å². The van der Waals surface area contributed by atoms with Gasteiger partial charge in [-0.2, -0.15) is 18.3 Å². The third kappa shape index (κ3) is 5.00. The van der Waals surface area contributed by atoms with Gasteiger partial charge in [0.05, 0.1) is 35.5 Å². The van der Waals surface area contributed by atoms with E-state index in [4.69, 9.17) is 4.74 Å². The summed E-state index contributed by atoms with van der Waals surface area (Å²) in [6.45, 7) is 6.33. The first kappa shape index (κ1) is 22.7. The average Bonchev–Trinajstić information content (AvgIpc) is 3.03. The van der Waals surface area contributed by atoms with Crippen molar-refractivity contribution in [1.82, 2.24) is 9.78 Å². The van der Waals surface area contributed by atoms with Gasteiger partial charge in [-0.1, -0.05) is 26.7 Å². The van der Waals surface area contributed by atoms with Crippen molar-refractivity contribution in [3.8, 4) is 5.75 Å². The fraction of sp³-hybridized carbons (Fsp3) is 0.391. The van der Waals surface area contributed by atoms with Gasteiger partial charge in [-0.3, -0.25) is 4.68 Å². The second kappa shape index (κ2) is 8.99. The molecule has 0 bridgehead atoms. The molecule has 1 heterocycles. The molecule has 2 aromatic carbocycles. The van der Waals surface area contributed by atoms with Gasteiger partial charge in [-0.15, -0.1) is 0 Å². The summed E-state index contributed by atoms with van der Waals surface area (Å²) in [5.74, 6) is -0.343. The molecular weight excluding hydrogens is 409 g/mol. The highest BCUT2D eigenvalue weighted by Crippen LogP contribution is 2.34. The lowest BCUT2D eigenvalue weighted by molar-refractivity contribution is -0.137. The summed E-state index contributed by atoms with van der Waals surface area (Å²) >= 11 is 0. The number of carbonyl (C=O) groups is 1. The van der Waals surface area contributed by atoms with Gasteiger partial charge in [0, 0.05) is 10.9 Å². The van der Waals surface area contributed by atoms with Crippen LogP contribution in [-0.4, -0.2) is 27.5 Å². The predicted molar refractivity (Wildman–Crippen MR) is 112 cm³/mol. The van der Waals surface area contributed by atoms with E-state index in [9.17, 15) is 23.1 Å². The summed E-state index contributed by atoms with van der Waals surface area (Å²) in [4.78, 5) is 11.3. The number of hydrogen-bond acceptors (Lipinski definition) is 3. The number of fused-ring (bicyclic) bond motifs is 1. The molecular formula is C23H25F3N2O3. The Bertz CT molecular complexity index is 1090. The van der Waals surface area contributed by atoms with Crippen LogP contribution in [0.1, 0.15) is 53.9 Å².